The van der Waals surface area contributed by atoms with Crippen molar-refractivity contribution in [1.82, 2.24) is 4.98 Å². The monoisotopic (exact) mass is 262 g/mol. The number of hydrogen-bond acceptors (Lipinski definition) is 3. The van der Waals surface area contributed by atoms with Gasteiger partial charge in [0.2, 0.25) is 0 Å². The minimum absolute atomic E-state index is 0.0996. The van der Waals surface area contributed by atoms with E-state index >= 15 is 0 Å². The highest BCUT2D eigenvalue weighted by molar-refractivity contribution is 6.01. The Morgan fingerprint density at radius 1 is 1.42 bits per heavy atom. The molecule has 4 heteroatoms. The van der Waals surface area contributed by atoms with Gasteiger partial charge in [-0.25, -0.2) is 0 Å². The van der Waals surface area contributed by atoms with Crippen molar-refractivity contribution in [2.75, 3.05) is 18.0 Å². The number of aryl methyl sites for hydroxylation is 2. The van der Waals surface area contributed by atoms with Crippen LogP contribution >= 0.6 is 0 Å². The van der Waals surface area contributed by atoms with Crippen molar-refractivity contribution in [1.29, 1.82) is 5.41 Å². The lowest BCUT2D eigenvalue weighted by atomic mass is 10.1. The summed E-state index contributed by atoms with van der Waals surface area (Å²) < 4.78 is 0. The van der Waals surface area contributed by atoms with Crippen LogP contribution in [0.2, 0.25) is 0 Å². The van der Waals surface area contributed by atoms with Gasteiger partial charge in [-0.15, -0.1) is 0 Å². The van der Waals surface area contributed by atoms with Crippen LogP contribution in [0.25, 0.3) is 0 Å². The third-order valence-corrected chi connectivity index (χ3v) is 3.53. The average molecular weight is 262 g/mol. The van der Waals surface area contributed by atoms with E-state index in [1.54, 1.807) is 0 Å². The molecule has 1 aromatic rings. The molecular formula is C15H26N4. The Hall–Kier alpha value is -1.58. The minimum atomic E-state index is 0.0996. The molecule has 0 fully saturated rings. The number of nitrogens with one attached hydrogen (secondary N) is 1. The van der Waals surface area contributed by atoms with E-state index in [2.05, 4.69) is 30.7 Å². The summed E-state index contributed by atoms with van der Waals surface area (Å²) in [6.45, 7) is 12.4. The molecule has 1 atom stereocenters. The van der Waals surface area contributed by atoms with Crippen LogP contribution < -0.4 is 10.6 Å². The topological polar surface area (TPSA) is 66.0 Å². The van der Waals surface area contributed by atoms with E-state index < -0.39 is 0 Å². The Kier molecular flexibility index (Phi) is 5.33. The lowest BCUT2D eigenvalue weighted by Gasteiger charge is -2.29. The van der Waals surface area contributed by atoms with Crippen LogP contribution in [-0.2, 0) is 0 Å². The summed E-state index contributed by atoms with van der Waals surface area (Å²) in [6.07, 6.45) is 1.15. The van der Waals surface area contributed by atoms with Crippen LogP contribution in [0.4, 0.5) is 5.69 Å². The van der Waals surface area contributed by atoms with Gasteiger partial charge in [-0.2, -0.15) is 0 Å². The molecule has 0 aliphatic heterocycles. The summed E-state index contributed by atoms with van der Waals surface area (Å²) in [6, 6.07) is 2.04. The van der Waals surface area contributed by atoms with E-state index in [0.717, 1.165) is 42.1 Å². The van der Waals surface area contributed by atoms with E-state index in [9.17, 15) is 0 Å². The van der Waals surface area contributed by atoms with Gasteiger partial charge in [0.1, 0.15) is 5.84 Å². The molecule has 0 radical (unpaired) electrons. The number of amidine groups is 1. The van der Waals surface area contributed by atoms with Gasteiger partial charge in [-0.1, -0.05) is 20.3 Å². The van der Waals surface area contributed by atoms with Gasteiger partial charge >= 0.3 is 0 Å². The maximum Gasteiger partial charge on any atom is 0.126 e. The highest BCUT2D eigenvalue weighted by Crippen LogP contribution is 2.24. The number of nitrogens with two attached hydrogens (primary N) is 1. The van der Waals surface area contributed by atoms with Gasteiger partial charge in [-0.3, -0.25) is 10.4 Å². The Balaban J connectivity index is 3.25. The molecule has 0 saturated carbocycles. The van der Waals surface area contributed by atoms with Crippen molar-refractivity contribution in [3.05, 3.63) is 23.0 Å². The smallest absolute Gasteiger partial charge is 0.126 e. The zero-order valence-electron chi connectivity index (χ0n) is 12.7. The Labute approximate surface area is 116 Å². The zero-order valence-corrected chi connectivity index (χ0v) is 12.7. The molecule has 0 aliphatic rings. The molecule has 1 unspecified atom stereocenters. The van der Waals surface area contributed by atoms with Crippen molar-refractivity contribution in [3.8, 4) is 0 Å². The third-order valence-electron chi connectivity index (χ3n) is 3.53. The van der Waals surface area contributed by atoms with Gasteiger partial charge in [0, 0.05) is 18.8 Å². The first-order valence-electron chi connectivity index (χ1n) is 6.98. The quantitative estimate of drug-likeness (QED) is 0.612. The summed E-state index contributed by atoms with van der Waals surface area (Å²) in [7, 11) is 0. The second-order valence-electron chi connectivity index (χ2n) is 5.21. The second-order valence-corrected chi connectivity index (χ2v) is 5.21. The fourth-order valence-electron chi connectivity index (χ4n) is 2.29. The molecule has 0 bridgehead atoms. The first-order chi connectivity index (χ1) is 8.90. The Morgan fingerprint density at radius 2 is 2.05 bits per heavy atom. The average Bonchev–Trinajstić information content (AvgIpc) is 2.33. The largest absolute Gasteiger partial charge is 0.384 e. The van der Waals surface area contributed by atoms with Crippen LogP contribution in [0, 0.1) is 25.2 Å². The molecule has 0 amide bonds. The minimum Gasteiger partial charge on any atom is -0.384 e. The predicted molar refractivity (Wildman–Crippen MR) is 82.1 cm³/mol. The van der Waals surface area contributed by atoms with E-state index in [-0.39, 0.29) is 5.84 Å². The van der Waals surface area contributed by atoms with Gasteiger partial charge < -0.3 is 10.6 Å². The summed E-state index contributed by atoms with van der Waals surface area (Å²) in [4.78, 5) is 6.72. The van der Waals surface area contributed by atoms with Crippen LogP contribution in [0.5, 0.6) is 0 Å². The van der Waals surface area contributed by atoms with Gasteiger partial charge in [0.25, 0.3) is 0 Å². The Morgan fingerprint density at radius 3 is 2.53 bits per heavy atom. The molecule has 1 heterocycles. The normalized spacial score (nSPS) is 12.3. The van der Waals surface area contributed by atoms with Crippen molar-refractivity contribution in [3.63, 3.8) is 0 Å². The van der Waals surface area contributed by atoms with Gasteiger partial charge in [-0.05, 0) is 32.8 Å². The Bertz CT molecular complexity index is 454. The van der Waals surface area contributed by atoms with Crippen LogP contribution in [0.3, 0.4) is 0 Å². The number of nitrogen functional groups attached to an aromatic ring is 1. The summed E-state index contributed by atoms with van der Waals surface area (Å²) in [5, 5.41) is 7.79. The first-order valence-corrected chi connectivity index (χ1v) is 6.98. The molecule has 4 nitrogen and oxygen atoms in total. The highest BCUT2D eigenvalue weighted by atomic mass is 15.1. The highest BCUT2D eigenvalue weighted by Gasteiger charge is 2.17. The van der Waals surface area contributed by atoms with Crippen molar-refractivity contribution in [2.45, 2.75) is 41.0 Å². The fourth-order valence-corrected chi connectivity index (χ4v) is 2.29. The number of nitrogens with zero attached hydrogens (tertiary/aromatic N) is 2. The standard InChI is InChI=1S/C15H26N4/c1-6-10(3)9-19(7-2)13-8-11(4)18-12(5)14(13)15(16)17/h8,10H,6-7,9H2,1-5H3,(H3,16,17). The summed E-state index contributed by atoms with van der Waals surface area (Å²) in [5.74, 6) is 0.719. The van der Waals surface area contributed by atoms with E-state index in [1.165, 1.54) is 0 Å². The molecule has 0 saturated heterocycles. The molecule has 0 aromatic carbocycles. The number of aromatic nitrogens is 1. The zero-order chi connectivity index (χ0) is 14.6. The molecule has 0 aliphatic carbocycles. The van der Waals surface area contributed by atoms with Crippen molar-refractivity contribution >= 4 is 11.5 Å². The van der Waals surface area contributed by atoms with Crippen LogP contribution in [-0.4, -0.2) is 23.9 Å². The number of anilines is 1. The number of hydrogen-bond donors (Lipinski definition) is 2. The van der Waals surface area contributed by atoms with E-state index in [4.69, 9.17) is 11.1 Å². The van der Waals surface area contributed by atoms with Gasteiger partial charge in [0.15, 0.2) is 0 Å². The molecule has 106 valence electrons. The maximum atomic E-state index is 7.79. The molecule has 19 heavy (non-hydrogen) atoms. The SMILES string of the molecule is CCC(C)CN(CC)c1cc(C)nc(C)c1C(=N)N. The number of pyridine rings is 1. The van der Waals surface area contributed by atoms with Crippen molar-refractivity contribution in [2.24, 2.45) is 11.7 Å². The third kappa shape index (κ3) is 3.69. The molecular weight excluding hydrogens is 236 g/mol. The maximum absolute atomic E-state index is 7.79. The van der Waals surface area contributed by atoms with Crippen molar-refractivity contribution < 1.29 is 0 Å². The van der Waals surface area contributed by atoms with E-state index in [1.807, 2.05) is 19.9 Å². The van der Waals surface area contributed by atoms with E-state index in [0.29, 0.717) is 5.92 Å². The fraction of sp³-hybridized carbons (Fsp3) is 0.600. The summed E-state index contributed by atoms with van der Waals surface area (Å²) in [5.41, 5.74) is 9.36. The lowest BCUT2D eigenvalue weighted by Crippen LogP contribution is -2.31. The second kappa shape index (κ2) is 6.55. The number of rotatable bonds is 6. The molecule has 0 spiro atoms. The molecule has 3 N–H and O–H groups in total. The summed E-state index contributed by atoms with van der Waals surface area (Å²) >= 11 is 0. The van der Waals surface area contributed by atoms with Crippen LogP contribution in [0.1, 0.15) is 44.1 Å². The predicted octanol–water partition coefficient (Wildman–Crippen LogP) is 2.85. The first kappa shape index (κ1) is 15.5. The lowest BCUT2D eigenvalue weighted by molar-refractivity contribution is 0.547. The van der Waals surface area contributed by atoms with Gasteiger partial charge in [0.05, 0.1) is 16.9 Å². The van der Waals surface area contributed by atoms with Crippen LogP contribution in [0.15, 0.2) is 6.07 Å². The molecule has 1 rings (SSSR count). The molecule has 1 aromatic heterocycles.